The van der Waals surface area contributed by atoms with E-state index < -0.39 is 11.2 Å². The standard InChI is InChI=1S/C18H32N2O4.2C9H21O2P.Tc/c1-7-23-17(3,4)15(21)9-11-19-13-14-20-12-10-16(22)18(5,6)24-8-2;2*1-10-6-4-8-12(3)9-5-7-11-2;/h9-12,21-22H,7-8,13-14H2,1-6H3;2*4-9H2,1-3H3;/b15-9-,16-10-,19-11?,20-12?;;;/i;;;1+1. The number of aliphatic imine (C=N–C) groups is 2. The Morgan fingerprint density at radius 1 is 0.571 bits per heavy atom. The predicted octanol–water partition coefficient (Wildman–Crippen LogP) is 5.05. The Morgan fingerprint density at radius 3 is 1.06 bits per heavy atom. The molecule has 0 heterocycles. The summed E-state index contributed by atoms with van der Waals surface area (Å²) in [7, 11) is 6.89. The molecule has 49 heavy (non-hydrogen) atoms. The van der Waals surface area contributed by atoms with Crippen molar-refractivity contribution in [2.45, 2.75) is 78.4 Å². The van der Waals surface area contributed by atoms with Gasteiger partial charge in [-0.15, -0.1) is 0 Å². The van der Waals surface area contributed by atoms with Crippen molar-refractivity contribution < 1.29 is 58.7 Å². The average Bonchev–Trinajstić information content (AvgIpc) is 3.03. The van der Waals surface area contributed by atoms with Crippen molar-refractivity contribution in [1.82, 2.24) is 0 Å². The number of methoxy groups -OCH3 is 4. The molecule has 0 saturated carbocycles. The monoisotopic (exact) mass is 823 g/mol. The number of hydrogen-bond acceptors (Lipinski definition) is 10. The van der Waals surface area contributed by atoms with E-state index in [1.807, 2.05) is 13.8 Å². The van der Waals surface area contributed by atoms with Crippen LogP contribution in [-0.4, -0.2) is 143 Å². The van der Waals surface area contributed by atoms with Gasteiger partial charge in [0.25, 0.3) is 0 Å². The molecular formula is C36H74N2O8P2Tc. The summed E-state index contributed by atoms with van der Waals surface area (Å²) in [4.78, 5) is 8.17. The molecule has 0 atom stereocenters. The molecule has 0 fully saturated rings. The van der Waals surface area contributed by atoms with E-state index >= 15 is 0 Å². The SMILES string of the molecule is CCOC(C)(C)/C([O-])=C/C=NCCN=C/C=C(\[O-])C(C)(C)OCC.COCCC[PH+](C)CCCOC.COCCC[PH+](C)CCCOC.[99Tc]. The maximum Gasteiger partial charge on any atom is 0.0737 e. The van der Waals surface area contributed by atoms with Crippen LogP contribution in [0.5, 0.6) is 0 Å². The first-order chi connectivity index (χ1) is 22.8. The quantitative estimate of drug-likeness (QED) is 0.0488. The van der Waals surface area contributed by atoms with Crippen LogP contribution in [0.1, 0.15) is 67.2 Å². The molecule has 0 aliphatic carbocycles. The molecular weight excluding hydrogens is 749 g/mol. The summed E-state index contributed by atoms with van der Waals surface area (Å²) in [5, 5.41) is 23.7. The molecule has 0 N–H and O–H groups in total. The normalized spacial score (nSPS) is 12.7. The van der Waals surface area contributed by atoms with E-state index in [-0.39, 0.29) is 47.5 Å². The molecule has 0 amide bonds. The summed E-state index contributed by atoms with van der Waals surface area (Å²) in [6.45, 7) is 20.9. The third-order valence-electron chi connectivity index (χ3n) is 7.03. The summed E-state index contributed by atoms with van der Waals surface area (Å²) in [6.07, 6.45) is 16.2. The van der Waals surface area contributed by atoms with Gasteiger partial charge in [-0.1, -0.05) is 23.7 Å². The molecule has 0 aromatic heterocycles. The van der Waals surface area contributed by atoms with Gasteiger partial charge in [0, 0.05) is 140 Å². The van der Waals surface area contributed by atoms with E-state index in [9.17, 15) is 10.2 Å². The van der Waals surface area contributed by atoms with Crippen molar-refractivity contribution in [2.24, 2.45) is 9.98 Å². The zero-order valence-corrected chi connectivity index (χ0v) is 37.0. The van der Waals surface area contributed by atoms with Crippen molar-refractivity contribution in [1.29, 1.82) is 0 Å². The first-order valence-electron chi connectivity index (χ1n) is 17.4. The Balaban J connectivity index is -0.000000341. The van der Waals surface area contributed by atoms with Gasteiger partial charge < -0.3 is 38.6 Å². The second kappa shape index (κ2) is 38.9. The molecule has 10 nitrogen and oxygen atoms in total. The van der Waals surface area contributed by atoms with Crippen molar-refractivity contribution in [3.05, 3.63) is 23.7 Å². The van der Waals surface area contributed by atoms with Crippen LogP contribution >= 0.6 is 15.8 Å². The summed E-state index contributed by atoms with van der Waals surface area (Å²) >= 11 is 0. The van der Waals surface area contributed by atoms with Gasteiger partial charge in [0.1, 0.15) is 0 Å². The molecule has 1 radical (unpaired) electrons. The van der Waals surface area contributed by atoms with Crippen LogP contribution in [-0.2, 0) is 48.5 Å². The fourth-order valence-corrected chi connectivity index (χ4v) is 7.59. The second-order valence-corrected chi connectivity index (χ2v) is 18.2. The van der Waals surface area contributed by atoms with Gasteiger partial charge in [-0.3, -0.25) is 9.98 Å². The van der Waals surface area contributed by atoms with Gasteiger partial charge in [-0.2, -0.15) is 0 Å². The molecule has 293 valence electrons. The van der Waals surface area contributed by atoms with Crippen LogP contribution in [0.2, 0.25) is 0 Å². The van der Waals surface area contributed by atoms with Gasteiger partial charge in [-0.25, -0.2) is 0 Å². The summed E-state index contributed by atoms with van der Waals surface area (Å²) < 4.78 is 30.8. The van der Waals surface area contributed by atoms with Crippen molar-refractivity contribution >= 4 is 28.3 Å². The first-order valence-corrected chi connectivity index (χ1v) is 22.2. The minimum atomic E-state index is -0.832. The molecule has 0 bridgehead atoms. The first kappa shape index (κ1) is 55.4. The zero-order valence-electron chi connectivity index (χ0n) is 33.2. The molecule has 0 aliphatic rings. The Hall–Kier alpha value is -0.311. The number of ether oxygens (including phenoxy) is 6. The van der Waals surface area contributed by atoms with Gasteiger partial charge in [-0.05, 0) is 57.4 Å². The van der Waals surface area contributed by atoms with E-state index in [1.54, 1.807) is 56.1 Å². The second-order valence-electron chi connectivity index (χ2n) is 12.4. The summed E-state index contributed by atoms with van der Waals surface area (Å²) in [6, 6.07) is 0. The maximum atomic E-state index is 11.9. The fraction of sp³-hybridized carbons (Fsp3) is 0.833. The van der Waals surface area contributed by atoms with Gasteiger partial charge >= 0.3 is 0 Å². The summed E-state index contributed by atoms with van der Waals surface area (Å²) in [5.74, 6) is -0.262. The third kappa shape index (κ3) is 38.7. The molecule has 13 heteroatoms. The van der Waals surface area contributed by atoms with Crippen LogP contribution in [0.15, 0.2) is 33.7 Å². The average molecular weight is 824 g/mol. The third-order valence-corrected chi connectivity index (χ3v) is 11.9. The van der Waals surface area contributed by atoms with E-state index in [0.29, 0.717) is 26.3 Å². The predicted molar refractivity (Wildman–Crippen MR) is 208 cm³/mol. The van der Waals surface area contributed by atoms with E-state index in [1.165, 1.54) is 74.9 Å². The molecule has 0 aromatic rings. The van der Waals surface area contributed by atoms with Gasteiger partial charge in [0.15, 0.2) is 0 Å². The number of hydrogen-bond donors (Lipinski definition) is 0. The Labute approximate surface area is 317 Å². The molecule has 0 aromatic carbocycles. The van der Waals surface area contributed by atoms with Gasteiger partial charge in [0.2, 0.25) is 0 Å². The molecule has 0 unspecified atom stereocenters. The molecule has 0 rings (SSSR count). The molecule has 0 spiro atoms. The van der Waals surface area contributed by atoms with Crippen LogP contribution in [0.4, 0.5) is 0 Å². The molecule has 0 aliphatic heterocycles. The summed E-state index contributed by atoms with van der Waals surface area (Å²) in [5.41, 5.74) is -1.66. The smallest absolute Gasteiger partial charge is 0.0737 e. The number of allylic oxidation sites excluding steroid dienone is 2. The van der Waals surface area contributed by atoms with Crippen LogP contribution in [0.3, 0.4) is 0 Å². The minimum absolute atomic E-state index is 0. The largest absolute Gasteiger partial charge is 0.873 e. The topological polar surface area (TPSA) is 126 Å². The maximum absolute atomic E-state index is 11.9. The van der Waals surface area contributed by atoms with E-state index in [4.69, 9.17) is 28.4 Å². The fourth-order valence-electron chi connectivity index (χ4n) is 4.09. The number of rotatable bonds is 27. The van der Waals surface area contributed by atoms with Gasteiger partial charge in [0.05, 0.1) is 48.9 Å². The van der Waals surface area contributed by atoms with E-state index in [2.05, 4.69) is 23.3 Å². The zero-order chi connectivity index (χ0) is 37.1. The Bertz CT molecular complexity index is 745. The molecule has 0 saturated heterocycles. The van der Waals surface area contributed by atoms with Crippen LogP contribution < -0.4 is 10.2 Å². The van der Waals surface area contributed by atoms with Crippen LogP contribution in [0.25, 0.3) is 0 Å². The Morgan fingerprint density at radius 2 is 0.837 bits per heavy atom. The van der Waals surface area contributed by atoms with Crippen LogP contribution in [0, 0.1) is 0 Å². The van der Waals surface area contributed by atoms with E-state index in [0.717, 1.165) is 26.4 Å². The minimum Gasteiger partial charge on any atom is -0.873 e. The van der Waals surface area contributed by atoms with Crippen molar-refractivity contribution in [3.63, 3.8) is 0 Å². The van der Waals surface area contributed by atoms with Crippen molar-refractivity contribution in [3.8, 4) is 0 Å². The number of nitrogens with zero attached hydrogens (tertiary/aromatic N) is 2. The van der Waals surface area contributed by atoms with Crippen molar-refractivity contribution in [2.75, 3.05) is 119 Å². The Kier molecular flexibility index (Phi) is 44.0.